The Balaban J connectivity index is 1.36. The molecule has 160 valence electrons. The molecule has 0 radical (unpaired) electrons. The molecule has 0 N–H and O–H groups in total. The Morgan fingerprint density at radius 2 is 2.17 bits per heavy atom. The summed E-state index contributed by atoms with van der Waals surface area (Å²) in [5.74, 6) is 0.380. The van der Waals surface area contributed by atoms with Crippen LogP contribution in [0.2, 0.25) is 0 Å². The number of thiazole rings is 1. The number of hydrogen-bond acceptors (Lipinski definition) is 5. The first-order valence-electron chi connectivity index (χ1n) is 10.5. The third kappa shape index (κ3) is 3.69. The average molecular weight is 448 g/mol. The third-order valence-electron chi connectivity index (χ3n) is 6.61. The molecule has 2 aliphatic heterocycles. The molecule has 2 fully saturated rings. The van der Waals surface area contributed by atoms with Gasteiger partial charge in [0.25, 0.3) is 10.0 Å². The van der Waals surface area contributed by atoms with E-state index in [2.05, 4.69) is 16.8 Å². The Morgan fingerprint density at radius 1 is 1.33 bits per heavy atom. The number of piperidine rings is 1. The van der Waals surface area contributed by atoms with Crippen molar-refractivity contribution in [1.82, 2.24) is 9.88 Å². The fourth-order valence-corrected chi connectivity index (χ4v) is 7.35. The molecule has 2 aromatic rings. The molecule has 1 spiro atoms. The van der Waals surface area contributed by atoms with Gasteiger partial charge in [0.05, 0.1) is 22.4 Å². The fourth-order valence-electron chi connectivity index (χ4n) is 4.84. The first-order valence-corrected chi connectivity index (χ1v) is 12.9. The normalized spacial score (nSPS) is 28.5. The SMILES string of the molecule is C[C@H]1C[C@@]2(C=CS(=O)(=O)N2c2cccc(F)c2)CCN1Cc1scnc1CC1CC1. The van der Waals surface area contributed by atoms with E-state index in [-0.39, 0.29) is 6.04 Å². The lowest BCUT2D eigenvalue weighted by Gasteiger charge is -2.47. The largest absolute Gasteiger partial charge is 0.295 e. The van der Waals surface area contributed by atoms with Crippen LogP contribution in [-0.4, -0.2) is 36.4 Å². The second-order valence-corrected chi connectivity index (χ2v) is 11.4. The minimum Gasteiger partial charge on any atom is -0.295 e. The van der Waals surface area contributed by atoms with E-state index in [1.54, 1.807) is 23.5 Å². The molecular formula is C22H26FN3O2S2. The van der Waals surface area contributed by atoms with E-state index in [1.165, 1.54) is 45.3 Å². The van der Waals surface area contributed by atoms with Crippen LogP contribution in [0.1, 0.15) is 43.2 Å². The maximum atomic E-state index is 13.9. The third-order valence-corrected chi connectivity index (χ3v) is 9.03. The summed E-state index contributed by atoms with van der Waals surface area (Å²) in [5, 5.41) is 1.29. The number of likely N-dealkylation sites (tertiary alicyclic amines) is 1. The molecule has 5 rings (SSSR count). The molecule has 1 aliphatic carbocycles. The fraction of sp³-hybridized carbons (Fsp3) is 0.500. The molecule has 3 aliphatic rings. The quantitative estimate of drug-likeness (QED) is 0.685. The topological polar surface area (TPSA) is 53.5 Å². The lowest BCUT2D eigenvalue weighted by molar-refractivity contribution is 0.120. The number of halogens is 1. The Bertz CT molecular complexity index is 1080. The van der Waals surface area contributed by atoms with Crippen molar-refractivity contribution in [2.24, 2.45) is 5.92 Å². The molecular weight excluding hydrogens is 421 g/mol. The molecule has 3 heterocycles. The maximum Gasteiger partial charge on any atom is 0.258 e. The smallest absolute Gasteiger partial charge is 0.258 e. The molecule has 0 amide bonds. The number of aromatic nitrogens is 1. The van der Waals surface area contributed by atoms with Crippen molar-refractivity contribution in [3.8, 4) is 0 Å². The van der Waals surface area contributed by atoms with Gasteiger partial charge in [0.2, 0.25) is 0 Å². The zero-order valence-corrected chi connectivity index (χ0v) is 18.6. The van der Waals surface area contributed by atoms with E-state index in [1.807, 2.05) is 11.6 Å². The van der Waals surface area contributed by atoms with Gasteiger partial charge >= 0.3 is 0 Å². The number of anilines is 1. The van der Waals surface area contributed by atoms with Crippen molar-refractivity contribution in [3.63, 3.8) is 0 Å². The van der Waals surface area contributed by atoms with E-state index in [0.29, 0.717) is 18.5 Å². The van der Waals surface area contributed by atoms with Crippen LogP contribution in [0.3, 0.4) is 0 Å². The van der Waals surface area contributed by atoms with E-state index < -0.39 is 21.4 Å². The highest BCUT2D eigenvalue weighted by Gasteiger charge is 2.49. The number of rotatable bonds is 5. The summed E-state index contributed by atoms with van der Waals surface area (Å²) in [4.78, 5) is 8.36. The Hall–Kier alpha value is -1.77. The highest BCUT2D eigenvalue weighted by Crippen LogP contribution is 2.44. The summed E-state index contributed by atoms with van der Waals surface area (Å²) in [5.41, 5.74) is 2.95. The van der Waals surface area contributed by atoms with Gasteiger partial charge in [0.1, 0.15) is 5.82 Å². The van der Waals surface area contributed by atoms with Crippen LogP contribution in [-0.2, 0) is 23.0 Å². The average Bonchev–Trinajstić information content (AvgIpc) is 3.34. The minimum absolute atomic E-state index is 0.198. The predicted octanol–water partition coefficient (Wildman–Crippen LogP) is 4.32. The molecule has 0 bridgehead atoms. The number of hydrogen-bond donors (Lipinski definition) is 0. The lowest BCUT2D eigenvalue weighted by Crippen LogP contribution is -2.56. The Labute approximate surface area is 181 Å². The van der Waals surface area contributed by atoms with Crippen LogP contribution in [0, 0.1) is 11.7 Å². The number of nitrogens with zero attached hydrogens (tertiary/aromatic N) is 3. The summed E-state index contributed by atoms with van der Waals surface area (Å²) >= 11 is 1.72. The van der Waals surface area contributed by atoms with Crippen molar-refractivity contribution >= 4 is 27.0 Å². The van der Waals surface area contributed by atoms with Gasteiger partial charge in [-0.3, -0.25) is 9.21 Å². The predicted molar refractivity (Wildman–Crippen MR) is 117 cm³/mol. The van der Waals surface area contributed by atoms with Crippen LogP contribution >= 0.6 is 11.3 Å². The first kappa shape index (κ1) is 20.2. The van der Waals surface area contributed by atoms with Crippen molar-refractivity contribution in [1.29, 1.82) is 0 Å². The standard InChI is InChI=1S/C22H26FN3O2S2/c1-16-13-22(8-10-30(27,28)26(22)19-4-2-3-18(23)12-19)7-9-25(16)14-21-20(24-15-29-21)11-17-5-6-17/h2-4,8,10,12,15-17H,5-7,9,11,13-14H2,1H3/t16-,22-/m0/s1. The van der Waals surface area contributed by atoms with Gasteiger partial charge in [0.15, 0.2) is 0 Å². The Morgan fingerprint density at radius 3 is 2.90 bits per heavy atom. The number of benzene rings is 1. The van der Waals surface area contributed by atoms with Crippen molar-refractivity contribution in [2.45, 2.75) is 57.2 Å². The number of sulfonamides is 1. The maximum absolute atomic E-state index is 13.9. The highest BCUT2D eigenvalue weighted by atomic mass is 32.2. The second kappa shape index (κ2) is 7.43. The highest BCUT2D eigenvalue weighted by molar-refractivity contribution is 7.96. The van der Waals surface area contributed by atoms with E-state index in [9.17, 15) is 12.8 Å². The molecule has 1 saturated carbocycles. The molecule has 0 unspecified atom stereocenters. The van der Waals surface area contributed by atoms with E-state index in [0.717, 1.165) is 25.4 Å². The van der Waals surface area contributed by atoms with Gasteiger partial charge in [-0.25, -0.2) is 17.8 Å². The first-order chi connectivity index (χ1) is 14.4. The molecule has 30 heavy (non-hydrogen) atoms. The van der Waals surface area contributed by atoms with Crippen LogP contribution in [0.4, 0.5) is 10.1 Å². The molecule has 8 heteroatoms. The summed E-state index contributed by atoms with van der Waals surface area (Å²) in [6, 6.07) is 6.09. The summed E-state index contributed by atoms with van der Waals surface area (Å²) in [6.07, 6.45) is 6.88. The van der Waals surface area contributed by atoms with Gasteiger partial charge in [0, 0.05) is 29.4 Å². The van der Waals surface area contributed by atoms with Crippen LogP contribution in [0.5, 0.6) is 0 Å². The summed E-state index contributed by atoms with van der Waals surface area (Å²) < 4.78 is 41.0. The van der Waals surface area contributed by atoms with Crippen molar-refractivity contribution in [3.05, 3.63) is 57.6 Å². The van der Waals surface area contributed by atoms with Crippen LogP contribution < -0.4 is 4.31 Å². The minimum atomic E-state index is -3.61. The van der Waals surface area contributed by atoms with Crippen LogP contribution in [0.15, 0.2) is 41.3 Å². The molecule has 1 aromatic heterocycles. The zero-order valence-electron chi connectivity index (χ0n) is 17.0. The molecule has 5 nitrogen and oxygen atoms in total. The van der Waals surface area contributed by atoms with Crippen molar-refractivity contribution in [2.75, 3.05) is 10.8 Å². The van der Waals surface area contributed by atoms with Gasteiger partial charge in [-0.1, -0.05) is 6.07 Å². The zero-order chi connectivity index (χ0) is 20.9. The monoisotopic (exact) mass is 447 g/mol. The van der Waals surface area contributed by atoms with E-state index in [4.69, 9.17) is 0 Å². The van der Waals surface area contributed by atoms with Crippen LogP contribution in [0.25, 0.3) is 0 Å². The molecule has 2 atom stereocenters. The lowest BCUT2D eigenvalue weighted by atomic mass is 9.83. The second-order valence-electron chi connectivity index (χ2n) is 8.84. The Kier molecular flexibility index (Phi) is 4.99. The van der Waals surface area contributed by atoms with Gasteiger partial charge < -0.3 is 0 Å². The van der Waals surface area contributed by atoms with Gasteiger partial charge in [-0.05, 0) is 69.2 Å². The van der Waals surface area contributed by atoms with E-state index >= 15 is 0 Å². The van der Waals surface area contributed by atoms with Crippen molar-refractivity contribution < 1.29 is 12.8 Å². The molecule has 1 aromatic carbocycles. The summed E-state index contributed by atoms with van der Waals surface area (Å²) in [6.45, 7) is 3.80. The summed E-state index contributed by atoms with van der Waals surface area (Å²) in [7, 11) is -3.61. The van der Waals surface area contributed by atoms with Gasteiger partial charge in [-0.15, -0.1) is 11.3 Å². The van der Waals surface area contributed by atoms with Gasteiger partial charge in [-0.2, -0.15) is 0 Å². The molecule has 1 saturated heterocycles.